The van der Waals surface area contributed by atoms with Gasteiger partial charge in [0.05, 0.1) is 6.04 Å². The summed E-state index contributed by atoms with van der Waals surface area (Å²) in [5.41, 5.74) is 0. The van der Waals surface area contributed by atoms with Crippen molar-refractivity contribution in [3.63, 3.8) is 0 Å². The number of rotatable bonds is 5. The second-order valence-electron chi connectivity index (χ2n) is 4.04. The van der Waals surface area contributed by atoms with E-state index in [2.05, 4.69) is 22.9 Å². The van der Waals surface area contributed by atoms with Crippen LogP contribution >= 0.6 is 0 Å². The number of unbranched alkanes of at least 4 members (excludes halogenated alkanes) is 2. The predicted octanol–water partition coefficient (Wildman–Crippen LogP) is 3.02. The molecule has 1 heterocycles. The maximum absolute atomic E-state index is 4.27. The molecular formula is C11H18N2. The Balaban J connectivity index is 1.71. The van der Waals surface area contributed by atoms with Crippen molar-refractivity contribution in [1.29, 1.82) is 0 Å². The van der Waals surface area contributed by atoms with E-state index in [9.17, 15) is 0 Å². The second-order valence-corrected chi connectivity index (χ2v) is 4.04. The maximum Gasteiger partial charge on any atom is 0.0551 e. The molecule has 0 spiro atoms. The molecule has 2 nitrogen and oxygen atoms in total. The zero-order valence-electron chi connectivity index (χ0n) is 8.32. The Kier molecular flexibility index (Phi) is 2.67. The van der Waals surface area contributed by atoms with Gasteiger partial charge in [-0.25, -0.2) is 0 Å². The van der Waals surface area contributed by atoms with Gasteiger partial charge < -0.3 is 0 Å². The highest BCUT2D eigenvalue weighted by Gasteiger charge is 2.37. The topological polar surface area (TPSA) is 17.8 Å². The number of hydrogen-bond donors (Lipinski definition) is 0. The van der Waals surface area contributed by atoms with Gasteiger partial charge in [-0.05, 0) is 24.8 Å². The van der Waals surface area contributed by atoms with Gasteiger partial charge >= 0.3 is 0 Å². The molecule has 2 atom stereocenters. The standard InChI is InChI=1S/C11H18N2/c1-2-3-4-6-10-9-11(10)13-8-5-7-12-13/h5,7-8,10-11H,2-4,6,9H2,1H3. The largest absolute Gasteiger partial charge is 0.269 e. The summed E-state index contributed by atoms with van der Waals surface area (Å²) in [5, 5.41) is 4.27. The molecule has 13 heavy (non-hydrogen) atoms. The van der Waals surface area contributed by atoms with E-state index >= 15 is 0 Å². The summed E-state index contributed by atoms with van der Waals surface area (Å²) >= 11 is 0. The summed E-state index contributed by atoms with van der Waals surface area (Å²) in [7, 11) is 0. The molecule has 0 bridgehead atoms. The van der Waals surface area contributed by atoms with Gasteiger partial charge in [-0.3, -0.25) is 4.68 Å². The summed E-state index contributed by atoms with van der Waals surface area (Å²) in [6, 6.07) is 2.74. The van der Waals surface area contributed by atoms with Gasteiger partial charge in [0.2, 0.25) is 0 Å². The van der Waals surface area contributed by atoms with Crippen molar-refractivity contribution < 1.29 is 0 Å². The molecule has 0 saturated heterocycles. The van der Waals surface area contributed by atoms with Crippen LogP contribution in [0.2, 0.25) is 0 Å². The number of hydrogen-bond acceptors (Lipinski definition) is 1. The summed E-state index contributed by atoms with van der Waals surface area (Å²) < 4.78 is 2.12. The second kappa shape index (κ2) is 3.95. The van der Waals surface area contributed by atoms with Crippen LogP contribution in [0.1, 0.15) is 45.1 Å². The summed E-state index contributed by atoms with van der Waals surface area (Å²) in [6.07, 6.45) is 10.8. The Morgan fingerprint density at radius 3 is 3.08 bits per heavy atom. The molecule has 0 N–H and O–H groups in total. The zero-order valence-corrected chi connectivity index (χ0v) is 8.32. The lowest BCUT2D eigenvalue weighted by atomic mass is 10.1. The minimum atomic E-state index is 0.729. The molecule has 72 valence electrons. The first-order valence-corrected chi connectivity index (χ1v) is 5.41. The van der Waals surface area contributed by atoms with Crippen LogP contribution in [0.4, 0.5) is 0 Å². The van der Waals surface area contributed by atoms with Gasteiger partial charge in [-0.15, -0.1) is 0 Å². The molecule has 2 unspecified atom stereocenters. The van der Waals surface area contributed by atoms with Crippen LogP contribution in [0, 0.1) is 5.92 Å². The zero-order chi connectivity index (χ0) is 9.10. The van der Waals surface area contributed by atoms with Crippen LogP contribution in [-0.2, 0) is 0 Å². The van der Waals surface area contributed by atoms with Crippen LogP contribution in [0.25, 0.3) is 0 Å². The third-order valence-corrected chi connectivity index (χ3v) is 2.93. The van der Waals surface area contributed by atoms with E-state index < -0.39 is 0 Å². The molecule has 1 aliphatic carbocycles. The first-order valence-electron chi connectivity index (χ1n) is 5.41. The number of aromatic nitrogens is 2. The maximum atomic E-state index is 4.27. The van der Waals surface area contributed by atoms with Crippen molar-refractivity contribution in [3.8, 4) is 0 Å². The SMILES string of the molecule is CCCCCC1CC1n1cccn1. The normalized spacial score (nSPS) is 26.2. The molecule has 0 aromatic carbocycles. The fraction of sp³-hybridized carbons (Fsp3) is 0.727. The third-order valence-electron chi connectivity index (χ3n) is 2.93. The first-order chi connectivity index (χ1) is 6.42. The minimum Gasteiger partial charge on any atom is -0.269 e. The van der Waals surface area contributed by atoms with Crippen molar-refractivity contribution >= 4 is 0 Å². The van der Waals surface area contributed by atoms with Crippen molar-refractivity contribution in [1.82, 2.24) is 9.78 Å². The van der Waals surface area contributed by atoms with Crippen molar-refractivity contribution in [2.24, 2.45) is 5.92 Å². The van der Waals surface area contributed by atoms with Gasteiger partial charge in [0.15, 0.2) is 0 Å². The van der Waals surface area contributed by atoms with E-state index in [4.69, 9.17) is 0 Å². The molecule has 0 aliphatic heterocycles. The van der Waals surface area contributed by atoms with Crippen molar-refractivity contribution in [2.45, 2.75) is 45.1 Å². The molecule has 1 saturated carbocycles. The highest BCUT2D eigenvalue weighted by molar-refractivity contribution is 4.94. The van der Waals surface area contributed by atoms with Crippen molar-refractivity contribution in [2.75, 3.05) is 0 Å². The molecule has 1 aromatic rings. The monoisotopic (exact) mass is 178 g/mol. The van der Waals surface area contributed by atoms with Gasteiger partial charge in [0.25, 0.3) is 0 Å². The van der Waals surface area contributed by atoms with Crippen molar-refractivity contribution in [3.05, 3.63) is 18.5 Å². The molecule has 2 rings (SSSR count). The Morgan fingerprint density at radius 2 is 2.38 bits per heavy atom. The minimum absolute atomic E-state index is 0.729. The van der Waals surface area contributed by atoms with Gasteiger partial charge in [0, 0.05) is 12.4 Å². The lowest BCUT2D eigenvalue weighted by Gasteiger charge is -1.99. The van der Waals surface area contributed by atoms with Crippen LogP contribution < -0.4 is 0 Å². The molecule has 1 aromatic heterocycles. The average molecular weight is 178 g/mol. The quantitative estimate of drug-likeness (QED) is 0.634. The fourth-order valence-corrected chi connectivity index (χ4v) is 2.00. The highest BCUT2D eigenvalue weighted by atomic mass is 15.3. The van der Waals surface area contributed by atoms with Gasteiger partial charge in [-0.1, -0.05) is 26.2 Å². The van der Waals surface area contributed by atoms with Gasteiger partial charge in [0.1, 0.15) is 0 Å². The molecule has 0 radical (unpaired) electrons. The molecule has 0 amide bonds. The summed E-state index contributed by atoms with van der Waals surface area (Å²) in [6.45, 7) is 2.26. The molecule has 1 aliphatic rings. The van der Waals surface area contributed by atoms with E-state index in [1.165, 1.54) is 32.1 Å². The first kappa shape index (κ1) is 8.79. The number of nitrogens with zero attached hydrogens (tertiary/aromatic N) is 2. The lowest BCUT2D eigenvalue weighted by Crippen LogP contribution is -1.96. The van der Waals surface area contributed by atoms with E-state index in [0.29, 0.717) is 0 Å². The van der Waals surface area contributed by atoms with E-state index in [0.717, 1.165) is 12.0 Å². The molecule has 2 heteroatoms. The summed E-state index contributed by atoms with van der Waals surface area (Å²) in [4.78, 5) is 0. The molecular weight excluding hydrogens is 160 g/mol. The third kappa shape index (κ3) is 2.11. The lowest BCUT2D eigenvalue weighted by molar-refractivity contribution is 0.539. The van der Waals surface area contributed by atoms with E-state index in [-0.39, 0.29) is 0 Å². The summed E-state index contributed by atoms with van der Waals surface area (Å²) in [5.74, 6) is 0.923. The van der Waals surface area contributed by atoms with Gasteiger partial charge in [-0.2, -0.15) is 5.10 Å². The Morgan fingerprint density at radius 1 is 1.46 bits per heavy atom. The predicted molar refractivity (Wildman–Crippen MR) is 53.5 cm³/mol. The average Bonchev–Trinajstić information content (AvgIpc) is 2.72. The Bertz CT molecular complexity index is 241. The smallest absolute Gasteiger partial charge is 0.0551 e. The van der Waals surface area contributed by atoms with Crippen LogP contribution in [0.5, 0.6) is 0 Å². The Hall–Kier alpha value is -0.790. The van der Waals surface area contributed by atoms with E-state index in [1.807, 2.05) is 12.3 Å². The van der Waals surface area contributed by atoms with E-state index in [1.54, 1.807) is 0 Å². The van der Waals surface area contributed by atoms with Crippen LogP contribution in [0.3, 0.4) is 0 Å². The highest BCUT2D eigenvalue weighted by Crippen LogP contribution is 2.45. The van der Waals surface area contributed by atoms with Crippen LogP contribution in [-0.4, -0.2) is 9.78 Å². The molecule has 1 fully saturated rings. The van der Waals surface area contributed by atoms with Crippen LogP contribution in [0.15, 0.2) is 18.5 Å². The fourth-order valence-electron chi connectivity index (χ4n) is 2.00. The Labute approximate surface area is 80.0 Å².